The summed E-state index contributed by atoms with van der Waals surface area (Å²) < 4.78 is 0. The van der Waals surface area contributed by atoms with E-state index in [0.717, 1.165) is 25.7 Å². The molecule has 1 aliphatic rings. The number of amides is 2. The lowest BCUT2D eigenvalue weighted by atomic mass is 9.85. The summed E-state index contributed by atoms with van der Waals surface area (Å²) in [6.07, 6.45) is 4.09. The van der Waals surface area contributed by atoms with E-state index in [1.165, 1.54) is 6.07 Å². The molecule has 1 aromatic carbocycles. The number of phenols is 1. The van der Waals surface area contributed by atoms with Crippen LogP contribution in [0.4, 0.5) is 0 Å². The number of carbonyl (C=O) groups excluding carboxylic acids is 2. The van der Waals surface area contributed by atoms with Crippen LogP contribution in [0, 0.1) is 0 Å². The van der Waals surface area contributed by atoms with Crippen molar-refractivity contribution in [3.63, 3.8) is 0 Å². The molecule has 0 bridgehead atoms. The van der Waals surface area contributed by atoms with Crippen molar-refractivity contribution in [2.75, 3.05) is 13.6 Å². The molecule has 0 radical (unpaired) electrons. The largest absolute Gasteiger partial charge is 0.508 e. The van der Waals surface area contributed by atoms with Crippen molar-refractivity contribution in [1.29, 1.82) is 0 Å². The normalized spacial score (nSPS) is 20.0. The van der Waals surface area contributed by atoms with Gasteiger partial charge in [0.05, 0.1) is 6.54 Å². The van der Waals surface area contributed by atoms with Crippen LogP contribution >= 0.6 is 0 Å². The average molecular weight is 404 g/mol. The molecule has 1 aromatic rings. The van der Waals surface area contributed by atoms with Gasteiger partial charge < -0.3 is 20.6 Å². The fraction of sp³-hybridized carbons (Fsp3) is 0.652. The van der Waals surface area contributed by atoms with E-state index in [1.54, 1.807) is 12.1 Å². The average Bonchev–Trinajstić information content (AvgIpc) is 2.65. The Morgan fingerprint density at radius 2 is 1.79 bits per heavy atom. The van der Waals surface area contributed by atoms with Gasteiger partial charge in [-0.25, -0.2) is 0 Å². The zero-order valence-electron chi connectivity index (χ0n) is 18.7. The van der Waals surface area contributed by atoms with Crippen LogP contribution < -0.4 is 10.6 Å². The van der Waals surface area contributed by atoms with Gasteiger partial charge in [-0.3, -0.25) is 9.59 Å². The number of nitrogens with zero attached hydrogens (tertiary/aromatic N) is 1. The van der Waals surface area contributed by atoms with Crippen molar-refractivity contribution in [2.45, 2.75) is 83.8 Å². The highest BCUT2D eigenvalue weighted by atomic mass is 16.3. The Bertz CT molecular complexity index is 717. The maximum Gasteiger partial charge on any atom is 0.251 e. The monoisotopic (exact) mass is 403 g/mol. The molecule has 0 aromatic heterocycles. The second kappa shape index (κ2) is 9.61. The summed E-state index contributed by atoms with van der Waals surface area (Å²) >= 11 is 0. The van der Waals surface area contributed by atoms with Crippen LogP contribution in [0.3, 0.4) is 0 Å². The summed E-state index contributed by atoms with van der Waals surface area (Å²) in [5, 5.41) is 15.8. The lowest BCUT2D eigenvalue weighted by Crippen LogP contribution is -2.46. The minimum Gasteiger partial charge on any atom is -0.508 e. The first-order valence-electron chi connectivity index (χ1n) is 10.6. The van der Waals surface area contributed by atoms with Gasteiger partial charge in [0.15, 0.2) is 0 Å². The number of hydrogen-bond acceptors (Lipinski definition) is 4. The fourth-order valence-electron chi connectivity index (χ4n) is 3.87. The van der Waals surface area contributed by atoms with Gasteiger partial charge in [0.25, 0.3) is 5.91 Å². The van der Waals surface area contributed by atoms with Crippen molar-refractivity contribution in [2.24, 2.45) is 0 Å². The third-order valence-corrected chi connectivity index (χ3v) is 5.93. The van der Waals surface area contributed by atoms with Gasteiger partial charge in [0.1, 0.15) is 5.75 Å². The lowest BCUT2D eigenvalue weighted by Gasteiger charge is -2.37. The fourth-order valence-corrected chi connectivity index (χ4v) is 3.87. The molecule has 1 aliphatic carbocycles. The van der Waals surface area contributed by atoms with Gasteiger partial charge in [-0.2, -0.15) is 0 Å². The van der Waals surface area contributed by atoms with Gasteiger partial charge in [-0.15, -0.1) is 0 Å². The van der Waals surface area contributed by atoms with Crippen molar-refractivity contribution < 1.29 is 14.7 Å². The topological polar surface area (TPSA) is 81.7 Å². The van der Waals surface area contributed by atoms with Crippen LogP contribution in [0.15, 0.2) is 18.2 Å². The molecule has 6 nitrogen and oxygen atoms in total. The molecule has 162 valence electrons. The second-order valence-corrected chi connectivity index (χ2v) is 9.50. The Balaban J connectivity index is 1.82. The molecule has 1 fully saturated rings. The Hall–Kier alpha value is -2.08. The highest BCUT2D eigenvalue weighted by Gasteiger charge is 2.26. The van der Waals surface area contributed by atoms with E-state index in [9.17, 15) is 14.7 Å². The summed E-state index contributed by atoms with van der Waals surface area (Å²) in [6.45, 7) is 10.3. The number of aromatic hydroxyl groups is 1. The van der Waals surface area contributed by atoms with E-state index < -0.39 is 0 Å². The van der Waals surface area contributed by atoms with Gasteiger partial charge in [0, 0.05) is 29.3 Å². The number of rotatable bonds is 6. The van der Waals surface area contributed by atoms with Gasteiger partial charge in [-0.1, -0.05) is 20.8 Å². The SMILES string of the molecule is CC(C)N(C)[C@H]1CC[C@H](NC(=O)CNC(=O)c2ccc(O)c(C(C)(C)C)c2)CC1. The molecule has 2 amide bonds. The molecule has 0 unspecified atom stereocenters. The van der Waals surface area contributed by atoms with Crippen molar-refractivity contribution in [3.05, 3.63) is 29.3 Å². The summed E-state index contributed by atoms with van der Waals surface area (Å²) in [6, 6.07) is 6.08. The van der Waals surface area contributed by atoms with E-state index in [-0.39, 0.29) is 35.6 Å². The van der Waals surface area contributed by atoms with Gasteiger partial charge in [0.2, 0.25) is 5.91 Å². The number of nitrogens with one attached hydrogen (secondary N) is 2. The number of hydrogen-bond donors (Lipinski definition) is 3. The molecule has 2 rings (SSSR count). The third kappa shape index (κ3) is 6.46. The molecule has 0 atom stereocenters. The molecule has 6 heteroatoms. The quantitative estimate of drug-likeness (QED) is 0.681. The molecule has 3 N–H and O–H groups in total. The van der Waals surface area contributed by atoms with Crippen LogP contribution in [-0.4, -0.2) is 53.5 Å². The highest BCUT2D eigenvalue weighted by molar-refractivity contribution is 5.96. The standard InChI is InChI=1S/C23H37N3O3/c1-15(2)26(6)18-10-8-17(9-11-18)25-21(28)14-24-22(29)16-7-12-20(27)19(13-16)23(3,4)5/h7,12-13,15,17-18,27H,8-11,14H2,1-6H3,(H,24,29)(H,25,28)/t17-,18-. The number of phenolic OH excluding ortho intramolecular Hbond substituents is 1. The molecule has 29 heavy (non-hydrogen) atoms. The molecule has 0 aliphatic heterocycles. The number of benzene rings is 1. The second-order valence-electron chi connectivity index (χ2n) is 9.50. The van der Waals surface area contributed by atoms with Crippen LogP contribution in [0.1, 0.15) is 76.2 Å². The summed E-state index contributed by atoms with van der Waals surface area (Å²) in [4.78, 5) is 27.1. The van der Waals surface area contributed by atoms with Crippen LogP contribution in [0.25, 0.3) is 0 Å². The van der Waals surface area contributed by atoms with E-state index in [1.807, 2.05) is 20.8 Å². The minimum atomic E-state index is -0.312. The molecule has 0 heterocycles. The van der Waals surface area contributed by atoms with Gasteiger partial charge in [-0.05, 0) is 70.2 Å². The maximum atomic E-state index is 12.4. The Kier molecular flexibility index (Phi) is 7.69. The highest BCUT2D eigenvalue weighted by Crippen LogP contribution is 2.31. The summed E-state index contributed by atoms with van der Waals surface area (Å²) in [5.74, 6) is -0.299. The number of carbonyl (C=O) groups is 2. The van der Waals surface area contributed by atoms with E-state index in [4.69, 9.17) is 0 Å². The van der Waals surface area contributed by atoms with Gasteiger partial charge >= 0.3 is 0 Å². The molecular formula is C23H37N3O3. The van der Waals surface area contributed by atoms with E-state index >= 15 is 0 Å². The Morgan fingerprint density at radius 3 is 2.34 bits per heavy atom. The first kappa shape index (κ1) is 23.2. The lowest BCUT2D eigenvalue weighted by molar-refractivity contribution is -0.121. The first-order valence-corrected chi connectivity index (χ1v) is 10.6. The zero-order valence-corrected chi connectivity index (χ0v) is 18.7. The molecule has 0 spiro atoms. The summed E-state index contributed by atoms with van der Waals surface area (Å²) in [5.41, 5.74) is 0.871. The van der Waals surface area contributed by atoms with Crippen LogP contribution in [0.2, 0.25) is 0 Å². The Labute approximate surface area is 175 Å². The Morgan fingerprint density at radius 1 is 1.17 bits per heavy atom. The molecule has 1 saturated carbocycles. The molecule has 0 saturated heterocycles. The zero-order chi connectivity index (χ0) is 21.8. The van der Waals surface area contributed by atoms with Crippen LogP contribution in [-0.2, 0) is 10.2 Å². The third-order valence-electron chi connectivity index (χ3n) is 5.93. The minimum absolute atomic E-state index is 0.0453. The van der Waals surface area contributed by atoms with Crippen molar-refractivity contribution >= 4 is 11.8 Å². The van der Waals surface area contributed by atoms with Crippen LogP contribution in [0.5, 0.6) is 5.75 Å². The molecular weight excluding hydrogens is 366 g/mol. The first-order chi connectivity index (χ1) is 13.5. The van der Waals surface area contributed by atoms with E-state index in [2.05, 4.69) is 36.4 Å². The smallest absolute Gasteiger partial charge is 0.251 e. The van der Waals surface area contributed by atoms with E-state index in [0.29, 0.717) is 23.2 Å². The summed E-state index contributed by atoms with van der Waals surface area (Å²) in [7, 11) is 2.16. The predicted octanol–water partition coefficient (Wildman–Crippen LogP) is 3.19. The maximum absolute atomic E-state index is 12.4. The predicted molar refractivity (Wildman–Crippen MR) is 116 cm³/mol. The van der Waals surface area contributed by atoms with Crippen molar-refractivity contribution in [1.82, 2.24) is 15.5 Å². The van der Waals surface area contributed by atoms with Crippen molar-refractivity contribution in [3.8, 4) is 5.75 Å².